The summed E-state index contributed by atoms with van der Waals surface area (Å²) in [6, 6.07) is 5.61. The molecule has 0 saturated heterocycles. The molecule has 0 aromatic heterocycles. The Kier molecular flexibility index (Phi) is 4.41. The third-order valence-corrected chi connectivity index (χ3v) is 1.80. The van der Waals surface area contributed by atoms with Gasteiger partial charge in [0, 0.05) is 24.4 Å². The maximum absolute atomic E-state index is 11.2. The Labute approximate surface area is 92.4 Å². The lowest BCUT2D eigenvalue weighted by Gasteiger charge is -2.04. The van der Waals surface area contributed by atoms with E-state index in [0.29, 0.717) is 12.3 Å². The van der Waals surface area contributed by atoms with Crippen LogP contribution in [0.2, 0.25) is 0 Å². The molecule has 0 spiro atoms. The minimum Gasteiger partial charge on any atom is -0.372 e. The number of carbonyl (C=O) groups excluding carboxylic acids is 1. The summed E-state index contributed by atoms with van der Waals surface area (Å²) in [5.74, 6) is -0.282. The van der Waals surface area contributed by atoms with Gasteiger partial charge in [-0.05, 0) is 19.1 Å². The second kappa shape index (κ2) is 5.82. The molecule has 0 atom stereocenters. The molecule has 0 aliphatic heterocycles. The van der Waals surface area contributed by atoms with Gasteiger partial charge in [0.05, 0.1) is 4.92 Å². The summed E-state index contributed by atoms with van der Waals surface area (Å²) >= 11 is 0. The van der Waals surface area contributed by atoms with Gasteiger partial charge in [0.1, 0.15) is 6.61 Å². The molecule has 1 aromatic carbocycles. The topological polar surface area (TPSA) is 81.5 Å². The molecule has 1 amide bonds. The van der Waals surface area contributed by atoms with Gasteiger partial charge >= 0.3 is 0 Å². The van der Waals surface area contributed by atoms with E-state index >= 15 is 0 Å². The molecule has 0 aliphatic carbocycles. The molecule has 16 heavy (non-hydrogen) atoms. The highest BCUT2D eigenvalue weighted by Gasteiger charge is 2.05. The van der Waals surface area contributed by atoms with Crippen molar-refractivity contribution in [2.45, 2.75) is 6.92 Å². The number of anilines is 1. The molecule has 6 heteroatoms. The third-order valence-electron chi connectivity index (χ3n) is 1.80. The fourth-order valence-electron chi connectivity index (χ4n) is 1.06. The van der Waals surface area contributed by atoms with E-state index in [2.05, 4.69) is 5.32 Å². The zero-order valence-electron chi connectivity index (χ0n) is 8.80. The van der Waals surface area contributed by atoms with Crippen molar-refractivity contribution < 1.29 is 14.5 Å². The Morgan fingerprint density at radius 2 is 2.06 bits per heavy atom. The zero-order valence-corrected chi connectivity index (χ0v) is 8.80. The molecule has 0 unspecified atom stereocenters. The third kappa shape index (κ3) is 3.66. The van der Waals surface area contributed by atoms with Crippen molar-refractivity contribution in [1.82, 2.24) is 0 Å². The Bertz CT molecular complexity index is 375. The van der Waals surface area contributed by atoms with Crippen molar-refractivity contribution in [3.63, 3.8) is 0 Å². The van der Waals surface area contributed by atoms with Crippen LogP contribution in [-0.4, -0.2) is 24.0 Å². The van der Waals surface area contributed by atoms with Crippen LogP contribution < -0.4 is 5.32 Å². The van der Waals surface area contributed by atoms with Gasteiger partial charge in [0.2, 0.25) is 5.91 Å². The van der Waals surface area contributed by atoms with Crippen LogP contribution in [0.3, 0.4) is 0 Å². The van der Waals surface area contributed by atoms with Crippen molar-refractivity contribution in [2.24, 2.45) is 0 Å². The van der Waals surface area contributed by atoms with E-state index in [1.165, 1.54) is 24.3 Å². The van der Waals surface area contributed by atoms with E-state index in [1.807, 2.05) is 0 Å². The van der Waals surface area contributed by atoms with E-state index in [-0.39, 0.29) is 18.2 Å². The number of rotatable bonds is 5. The number of nitro benzene ring substituents is 1. The average Bonchev–Trinajstić information content (AvgIpc) is 2.27. The van der Waals surface area contributed by atoms with E-state index in [1.54, 1.807) is 6.92 Å². The van der Waals surface area contributed by atoms with Gasteiger partial charge in [-0.15, -0.1) is 0 Å². The van der Waals surface area contributed by atoms with Crippen LogP contribution in [-0.2, 0) is 9.53 Å². The second-order valence-corrected chi connectivity index (χ2v) is 2.99. The summed E-state index contributed by atoms with van der Waals surface area (Å²) in [7, 11) is 0. The molecule has 6 nitrogen and oxygen atoms in total. The van der Waals surface area contributed by atoms with Crippen LogP contribution in [0.25, 0.3) is 0 Å². The largest absolute Gasteiger partial charge is 0.372 e. The fourth-order valence-corrected chi connectivity index (χ4v) is 1.06. The number of hydrogen-bond acceptors (Lipinski definition) is 4. The minimum absolute atomic E-state index is 0.0113. The van der Waals surface area contributed by atoms with Crippen molar-refractivity contribution in [3.05, 3.63) is 34.4 Å². The number of non-ortho nitro benzene ring substituents is 1. The van der Waals surface area contributed by atoms with E-state index in [9.17, 15) is 14.9 Å². The molecule has 0 bridgehead atoms. The van der Waals surface area contributed by atoms with Gasteiger partial charge < -0.3 is 10.1 Å². The fraction of sp³-hybridized carbons (Fsp3) is 0.300. The molecule has 0 radical (unpaired) electrons. The van der Waals surface area contributed by atoms with Crippen LogP contribution in [0, 0.1) is 10.1 Å². The smallest absolute Gasteiger partial charge is 0.269 e. The van der Waals surface area contributed by atoms with Crippen LogP contribution in [0.4, 0.5) is 11.4 Å². The molecule has 1 rings (SSSR count). The van der Waals surface area contributed by atoms with E-state index in [4.69, 9.17) is 4.74 Å². The number of carbonyl (C=O) groups is 1. The number of nitrogens with one attached hydrogen (secondary N) is 1. The molecule has 0 heterocycles. The number of nitrogens with zero attached hydrogens (tertiary/aromatic N) is 1. The van der Waals surface area contributed by atoms with Crippen LogP contribution >= 0.6 is 0 Å². The first kappa shape index (κ1) is 12.1. The predicted molar refractivity (Wildman–Crippen MR) is 58.2 cm³/mol. The van der Waals surface area contributed by atoms with Gasteiger partial charge in [0.15, 0.2) is 0 Å². The highest BCUT2D eigenvalue weighted by Crippen LogP contribution is 2.15. The number of nitro groups is 1. The summed E-state index contributed by atoms with van der Waals surface area (Å²) in [5, 5.41) is 12.9. The average molecular weight is 224 g/mol. The van der Waals surface area contributed by atoms with Crippen LogP contribution in [0.5, 0.6) is 0 Å². The monoisotopic (exact) mass is 224 g/mol. The first-order valence-corrected chi connectivity index (χ1v) is 4.75. The standard InChI is InChI=1S/C10H12N2O4/c1-2-16-7-10(13)11-8-3-5-9(6-4-8)12(14)15/h3-6H,2,7H2,1H3,(H,11,13). The molecule has 0 aliphatic rings. The molecule has 0 fully saturated rings. The normalized spacial score (nSPS) is 9.81. The highest BCUT2D eigenvalue weighted by molar-refractivity contribution is 5.91. The number of ether oxygens (including phenoxy) is 1. The summed E-state index contributed by atoms with van der Waals surface area (Å²) in [6.07, 6.45) is 0. The zero-order chi connectivity index (χ0) is 12.0. The predicted octanol–water partition coefficient (Wildman–Crippen LogP) is 1.57. The Morgan fingerprint density at radius 3 is 2.56 bits per heavy atom. The minimum atomic E-state index is -0.494. The molecule has 0 saturated carbocycles. The van der Waals surface area contributed by atoms with Gasteiger partial charge in [-0.1, -0.05) is 0 Å². The molecular formula is C10H12N2O4. The van der Waals surface area contributed by atoms with Gasteiger partial charge in [-0.3, -0.25) is 14.9 Å². The first-order valence-electron chi connectivity index (χ1n) is 4.75. The Hall–Kier alpha value is -1.95. The first-order chi connectivity index (χ1) is 7.63. The van der Waals surface area contributed by atoms with Crippen LogP contribution in [0.15, 0.2) is 24.3 Å². The lowest BCUT2D eigenvalue weighted by atomic mass is 10.3. The maximum atomic E-state index is 11.2. The van der Waals surface area contributed by atoms with Crippen LogP contribution in [0.1, 0.15) is 6.92 Å². The molecule has 1 aromatic rings. The summed E-state index contributed by atoms with van der Waals surface area (Å²) < 4.78 is 4.91. The summed E-state index contributed by atoms with van der Waals surface area (Å²) in [5.41, 5.74) is 0.498. The number of hydrogen-bond donors (Lipinski definition) is 1. The van der Waals surface area contributed by atoms with Crippen molar-refractivity contribution in [1.29, 1.82) is 0 Å². The quantitative estimate of drug-likeness (QED) is 0.608. The molecule has 86 valence electrons. The second-order valence-electron chi connectivity index (χ2n) is 2.99. The molecular weight excluding hydrogens is 212 g/mol. The maximum Gasteiger partial charge on any atom is 0.269 e. The molecule has 1 N–H and O–H groups in total. The van der Waals surface area contributed by atoms with Crippen molar-refractivity contribution >= 4 is 17.3 Å². The highest BCUT2D eigenvalue weighted by atomic mass is 16.6. The number of benzene rings is 1. The lowest BCUT2D eigenvalue weighted by molar-refractivity contribution is -0.384. The van der Waals surface area contributed by atoms with Gasteiger partial charge in [0.25, 0.3) is 5.69 Å². The van der Waals surface area contributed by atoms with Gasteiger partial charge in [-0.25, -0.2) is 0 Å². The van der Waals surface area contributed by atoms with Crippen molar-refractivity contribution in [2.75, 3.05) is 18.5 Å². The van der Waals surface area contributed by atoms with E-state index in [0.717, 1.165) is 0 Å². The van der Waals surface area contributed by atoms with E-state index < -0.39 is 4.92 Å². The summed E-state index contributed by atoms with van der Waals surface area (Å²) in [4.78, 5) is 21.1. The Morgan fingerprint density at radius 1 is 1.44 bits per heavy atom. The van der Waals surface area contributed by atoms with Crippen molar-refractivity contribution in [3.8, 4) is 0 Å². The Balaban J connectivity index is 2.55. The summed E-state index contributed by atoms with van der Waals surface area (Å²) in [6.45, 7) is 2.24. The van der Waals surface area contributed by atoms with Gasteiger partial charge in [-0.2, -0.15) is 0 Å². The number of amides is 1. The lowest BCUT2D eigenvalue weighted by Crippen LogP contribution is -2.18. The SMILES string of the molecule is CCOCC(=O)Nc1ccc([N+](=O)[O-])cc1.